The molecule has 1 saturated heterocycles. The third-order valence-corrected chi connectivity index (χ3v) is 13.3. The predicted octanol–water partition coefficient (Wildman–Crippen LogP) is 8.19. The number of thioether (sulfide) groups is 1. The molecule has 0 aromatic heterocycles. The Morgan fingerprint density at radius 2 is 1.89 bits per heavy atom. The molecule has 1 spiro atoms. The van der Waals surface area contributed by atoms with Crippen molar-refractivity contribution in [1.82, 2.24) is 0 Å². The number of ether oxygens (including phenoxy) is 2. The van der Waals surface area contributed by atoms with E-state index in [1.165, 1.54) is 58.3 Å². The van der Waals surface area contributed by atoms with E-state index in [1.54, 1.807) is 0 Å². The van der Waals surface area contributed by atoms with Gasteiger partial charge in [0, 0.05) is 18.8 Å². The van der Waals surface area contributed by atoms with Gasteiger partial charge >= 0.3 is 5.97 Å². The molecule has 5 aliphatic rings. The molecule has 0 aromatic carbocycles. The maximum Gasteiger partial charge on any atom is 0.302 e. The number of hydrogen-bond donors (Lipinski definition) is 0. The molecular formula is C30H48O3S2. The summed E-state index contributed by atoms with van der Waals surface area (Å²) in [6.45, 7) is 14.0. The summed E-state index contributed by atoms with van der Waals surface area (Å²) in [6.07, 6.45) is 13.8. The van der Waals surface area contributed by atoms with E-state index in [0.717, 1.165) is 53.2 Å². The van der Waals surface area contributed by atoms with Crippen LogP contribution in [0.5, 0.6) is 0 Å². The summed E-state index contributed by atoms with van der Waals surface area (Å²) in [6, 6.07) is 0. The van der Waals surface area contributed by atoms with Gasteiger partial charge in [-0.25, -0.2) is 0 Å². The standard InChI is InChI=1S/C30H48O3S2/c1-18(2)8-7-9-19(3)23-10-11-24-22-16-26-30(33-27(34)35-26)17-21(32-20(4)31)12-15-29(30,6)25(22)13-14-28(23,24)5/h18-19,21-26H,7-17H2,1-6H3/t19-,21+,22+,23-,24+,25+,26+,28-,29-,30+/m1/s1. The molecule has 0 amide bonds. The molecule has 0 aromatic rings. The highest BCUT2D eigenvalue weighted by Gasteiger charge is 2.71. The lowest BCUT2D eigenvalue weighted by Gasteiger charge is -2.65. The number of hydrogen-bond acceptors (Lipinski definition) is 5. The van der Waals surface area contributed by atoms with Gasteiger partial charge in [0.1, 0.15) is 11.7 Å². The van der Waals surface area contributed by atoms with Crippen LogP contribution >= 0.6 is 24.0 Å². The zero-order chi connectivity index (χ0) is 25.2. The Hall–Kier alpha value is -0.290. The van der Waals surface area contributed by atoms with E-state index in [9.17, 15) is 4.79 Å². The van der Waals surface area contributed by atoms with E-state index >= 15 is 0 Å². The molecule has 5 rings (SSSR count). The van der Waals surface area contributed by atoms with Gasteiger partial charge in [0.05, 0.1) is 5.25 Å². The average molecular weight is 521 g/mol. The van der Waals surface area contributed by atoms with Gasteiger partial charge in [0.2, 0.25) is 4.38 Å². The number of carbonyl (C=O) groups excluding carboxylic acids is 1. The highest BCUT2D eigenvalue weighted by Crippen LogP contribution is 2.72. The van der Waals surface area contributed by atoms with Crippen molar-refractivity contribution in [3.05, 3.63) is 0 Å². The van der Waals surface area contributed by atoms with E-state index < -0.39 is 0 Å². The van der Waals surface area contributed by atoms with Crippen molar-refractivity contribution in [3.8, 4) is 0 Å². The fourth-order valence-electron chi connectivity index (χ4n) is 10.2. The number of fused-ring (bicyclic) bond motifs is 4. The molecular weight excluding hydrogens is 472 g/mol. The van der Waals surface area contributed by atoms with Crippen molar-refractivity contribution in [1.29, 1.82) is 0 Å². The third kappa shape index (κ3) is 4.21. The van der Waals surface area contributed by atoms with Crippen LogP contribution in [0.15, 0.2) is 0 Å². The van der Waals surface area contributed by atoms with Crippen molar-refractivity contribution in [2.75, 3.05) is 0 Å². The third-order valence-electron chi connectivity index (χ3n) is 11.8. The van der Waals surface area contributed by atoms with Crippen molar-refractivity contribution in [2.24, 2.45) is 46.3 Å². The van der Waals surface area contributed by atoms with Gasteiger partial charge in [-0.15, -0.1) is 0 Å². The zero-order valence-electron chi connectivity index (χ0n) is 22.9. The number of carbonyl (C=O) groups is 1. The summed E-state index contributed by atoms with van der Waals surface area (Å²) >= 11 is 7.52. The van der Waals surface area contributed by atoms with Crippen LogP contribution in [0.25, 0.3) is 0 Å². The highest BCUT2D eigenvalue weighted by molar-refractivity contribution is 8.23. The van der Waals surface area contributed by atoms with Crippen molar-refractivity contribution < 1.29 is 14.3 Å². The summed E-state index contributed by atoms with van der Waals surface area (Å²) in [7, 11) is 0. The van der Waals surface area contributed by atoms with Crippen LogP contribution in [0.4, 0.5) is 0 Å². The van der Waals surface area contributed by atoms with Crippen molar-refractivity contribution in [3.63, 3.8) is 0 Å². The normalized spacial score (nSPS) is 47.3. The van der Waals surface area contributed by atoms with Gasteiger partial charge in [-0.1, -0.05) is 65.6 Å². The Balaban J connectivity index is 1.38. The van der Waals surface area contributed by atoms with Crippen molar-refractivity contribution >= 4 is 34.3 Å². The number of esters is 1. The first-order valence-corrected chi connectivity index (χ1v) is 15.9. The number of rotatable bonds is 6. The Bertz CT molecular complexity index is 843. The van der Waals surface area contributed by atoms with E-state index in [-0.39, 0.29) is 23.1 Å². The lowest BCUT2D eigenvalue weighted by molar-refractivity contribution is -0.209. The molecule has 35 heavy (non-hydrogen) atoms. The van der Waals surface area contributed by atoms with Gasteiger partial charge in [-0.2, -0.15) is 0 Å². The second kappa shape index (κ2) is 9.47. The van der Waals surface area contributed by atoms with Crippen LogP contribution in [-0.2, 0) is 14.3 Å². The fraction of sp³-hybridized carbons (Fsp3) is 0.933. The minimum Gasteiger partial charge on any atom is -0.470 e. The van der Waals surface area contributed by atoms with Crippen LogP contribution in [0.1, 0.15) is 112 Å². The molecule has 10 atom stereocenters. The Morgan fingerprint density at radius 1 is 1.11 bits per heavy atom. The van der Waals surface area contributed by atoms with Gasteiger partial charge < -0.3 is 9.47 Å². The van der Waals surface area contributed by atoms with Crippen LogP contribution in [-0.4, -0.2) is 27.3 Å². The molecule has 198 valence electrons. The zero-order valence-corrected chi connectivity index (χ0v) is 24.6. The van der Waals surface area contributed by atoms with Gasteiger partial charge in [0.15, 0.2) is 0 Å². The van der Waals surface area contributed by atoms with Crippen LogP contribution in [0.3, 0.4) is 0 Å². The van der Waals surface area contributed by atoms with Gasteiger partial charge in [-0.05, 0) is 98.1 Å². The molecule has 5 heteroatoms. The average Bonchev–Trinajstić information content (AvgIpc) is 3.28. The van der Waals surface area contributed by atoms with E-state index in [1.807, 2.05) is 11.8 Å². The van der Waals surface area contributed by atoms with Crippen LogP contribution < -0.4 is 0 Å². The molecule has 0 unspecified atom stereocenters. The smallest absolute Gasteiger partial charge is 0.302 e. The van der Waals surface area contributed by atoms with Crippen molar-refractivity contribution in [2.45, 2.75) is 129 Å². The summed E-state index contributed by atoms with van der Waals surface area (Å²) in [5.41, 5.74) is 0.353. The predicted molar refractivity (Wildman–Crippen MR) is 148 cm³/mol. The summed E-state index contributed by atoms with van der Waals surface area (Å²) in [5.74, 6) is 4.71. The second-order valence-corrected chi connectivity index (χ2v) is 15.7. The van der Waals surface area contributed by atoms with E-state index in [2.05, 4.69) is 34.6 Å². The fourth-order valence-corrected chi connectivity index (χ4v) is 12.1. The molecule has 1 aliphatic heterocycles. The van der Waals surface area contributed by atoms with Crippen LogP contribution in [0.2, 0.25) is 0 Å². The summed E-state index contributed by atoms with van der Waals surface area (Å²) in [5, 5.41) is 0.407. The van der Waals surface area contributed by atoms with Crippen LogP contribution in [0, 0.1) is 46.3 Å². The Labute approximate surface area is 223 Å². The molecule has 0 radical (unpaired) electrons. The molecule has 4 aliphatic carbocycles. The summed E-state index contributed by atoms with van der Waals surface area (Å²) in [4.78, 5) is 11.8. The maximum atomic E-state index is 11.8. The molecule has 5 fully saturated rings. The quantitative estimate of drug-likeness (QED) is 0.261. The maximum absolute atomic E-state index is 11.8. The molecule has 4 saturated carbocycles. The second-order valence-electron chi connectivity index (χ2n) is 13.9. The van der Waals surface area contributed by atoms with E-state index in [0.29, 0.717) is 16.6 Å². The minimum atomic E-state index is -0.260. The lowest BCUT2D eigenvalue weighted by Crippen LogP contribution is -2.67. The first-order chi connectivity index (χ1) is 16.5. The lowest BCUT2D eigenvalue weighted by atomic mass is 9.42. The highest BCUT2D eigenvalue weighted by atomic mass is 32.2. The summed E-state index contributed by atoms with van der Waals surface area (Å²) < 4.78 is 13.2. The van der Waals surface area contributed by atoms with Gasteiger partial charge in [0.25, 0.3) is 0 Å². The first kappa shape index (κ1) is 26.3. The Kier molecular flexibility index (Phi) is 7.12. The topological polar surface area (TPSA) is 35.5 Å². The first-order valence-electron chi connectivity index (χ1n) is 14.6. The minimum absolute atomic E-state index is 0.0301. The largest absolute Gasteiger partial charge is 0.470 e. The molecule has 1 heterocycles. The SMILES string of the molecule is CC(=O)O[C@H]1CC[C@]2(C)[C@H]3CC[C@]4(C)[C@@H]([C@H](C)CCCC(C)C)CC[C@H]4[C@@H]3C[C@@H]3SC(=S)O[C@@]32C1. The molecule has 0 bridgehead atoms. The van der Waals surface area contributed by atoms with E-state index in [4.69, 9.17) is 21.7 Å². The number of thiocarbonyl (C=S) groups is 1. The molecule has 3 nitrogen and oxygen atoms in total. The monoisotopic (exact) mass is 520 g/mol. The Morgan fingerprint density at radius 3 is 2.60 bits per heavy atom. The molecule has 0 N–H and O–H groups in total. The van der Waals surface area contributed by atoms with Gasteiger partial charge in [-0.3, -0.25) is 4.79 Å².